The Labute approximate surface area is 611 Å². The Balaban J connectivity index is 0.882. The fraction of sp³-hybridized carbons (Fsp3) is 0.557. The van der Waals surface area contributed by atoms with Crippen LogP contribution in [0.25, 0.3) is 0 Å². The van der Waals surface area contributed by atoms with Crippen molar-refractivity contribution in [1.82, 2.24) is 0 Å². The highest BCUT2D eigenvalue weighted by molar-refractivity contribution is 5.96. The van der Waals surface area contributed by atoms with Gasteiger partial charge in [0.1, 0.15) is 51.2 Å². The Kier molecular flexibility index (Phi) is 34.2. The van der Waals surface area contributed by atoms with Crippen molar-refractivity contribution >= 4 is 77.6 Å². The summed E-state index contributed by atoms with van der Waals surface area (Å²) in [7, 11) is 0. The van der Waals surface area contributed by atoms with Gasteiger partial charge in [-0.1, -0.05) is 53.2 Å². The van der Waals surface area contributed by atoms with Gasteiger partial charge in [-0.3, -0.25) is 38.4 Å². The summed E-state index contributed by atoms with van der Waals surface area (Å²) in [5.74, 6) is -12.8. The molecule has 4 aliphatic carbocycles. The Bertz CT molecular complexity index is 3520. The van der Waals surface area contributed by atoms with Gasteiger partial charge in [-0.2, -0.15) is 0 Å². The van der Waals surface area contributed by atoms with Crippen LogP contribution in [0.1, 0.15) is 219 Å². The highest BCUT2D eigenvalue weighted by Crippen LogP contribution is 2.39. The van der Waals surface area contributed by atoms with Crippen LogP contribution in [0.3, 0.4) is 0 Å². The quantitative estimate of drug-likeness (QED) is 0.0169. The average molecular weight is 1460 g/mol. The molecule has 26 nitrogen and oxygen atoms in total. The molecule has 0 atom stereocenters. The molecule has 0 aromatic heterocycles. The molecule has 4 saturated carbocycles. The van der Waals surface area contributed by atoms with Crippen molar-refractivity contribution in [1.29, 1.82) is 0 Å². The zero-order valence-electron chi connectivity index (χ0n) is 60.3. The van der Waals surface area contributed by atoms with Gasteiger partial charge in [-0.15, -0.1) is 0 Å². The van der Waals surface area contributed by atoms with E-state index >= 15 is 0 Å². The lowest BCUT2D eigenvalue weighted by Gasteiger charge is -2.27. The second kappa shape index (κ2) is 43.5. The molecule has 4 aliphatic rings. The van der Waals surface area contributed by atoms with Crippen molar-refractivity contribution in [3.63, 3.8) is 0 Å². The van der Waals surface area contributed by atoms with Gasteiger partial charge in [0.2, 0.25) is 0 Å². The van der Waals surface area contributed by atoms with Gasteiger partial charge >= 0.3 is 77.6 Å². The molecule has 7 rings (SSSR count). The van der Waals surface area contributed by atoms with Gasteiger partial charge in [0, 0.05) is 12.2 Å². The van der Waals surface area contributed by atoms with Crippen molar-refractivity contribution in [3.05, 3.63) is 96.6 Å². The molecule has 0 saturated heterocycles. The number of unbranched alkanes of at least 4 members (excludes halogenated alkanes) is 5. The zero-order chi connectivity index (χ0) is 75.6. The van der Waals surface area contributed by atoms with Gasteiger partial charge in [-0.25, -0.2) is 24.0 Å². The number of hydrogen-bond donors (Lipinski definition) is 0. The summed E-state index contributed by atoms with van der Waals surface area (Å²) in [5.41, 5.74) is -0.441. The lowest BCUT2D eigenvalue weighted by atomic mass is 9.82. The minimum Gasteiger partial charge on any atom is -0.465 e. The summed E-state index contributed by atoms with van der Waals surface area (Å²) in [6.07, 6.45) is 12.8. The van der Waals surface area contributed by atoms with Gasteiger partial charge in [0.15, 0.2) is 0 Å². The number of carbonyl (C=O) groups is 13. The van der Waals surface area contributed by atoms with Gasteiger partial charge < -0.3 is 61.6 Å². The largest absolute Gasteiger partial charge is 0.465 e. The first kappa shape index (κ1) is 82.5. The van der Waals surface area contributed by atoms with E-state index in [4.69, 9.17) is 61.6 Å². The predicted molar refractivity (Wildman–Crippen MR) is 373 cm³/mol. The van der Waals surface area contributed by atoms with Crippen LogP contribution in [0, 0.1) is 47.3 Å². The molecule has 0 bridgehead atoms. The molecule has 0 heterocycles. The van der Waals surface area contributed by atoms with Gasteiger partial charge in [0.25, 0.3) is 0 Å². The lowest BCUT2D eigenvalue weighted by Crippen LogP contribution is -2.31. The second-order valence-corrected chi connectivity index (χ2v) is 26.7. The first-order valence-electron chi connectivity index (χ1n) is 36.9. The minimum atomic E-state index is -0.826. The Morgan fingerprint density at radius 2 is 0.495 bits per heavy atom. The Hall–Kier alpha value is -9.75. The van der Waals surface area contributed by atoms with E-state index in [-0.39, 0.29) is 167 Å². The normalized spacial score (nSPS) is 19.8. The van der Waals surface area contributed by atoms with Gasteiger partial charge in [-0.05, 0) is 202 Å². The first-order valence-corrected chi connectivity index (χ1v) is 36.9. The molecule has 0 aliphatic heterocycles. The van der Waals surface area contributed by atoms with E-state index in [2.05, 4.69) is 13.2 Å². The fourth-order valence-electron chi connectivity index (χ4n) is 12.5. The molecule has 3 aromatic rings. The number of esters is 13. The molecule has 570 valence electrons. The topological polar surface area (TPSA) is 342 Å². The van der Waals surface area contributed by atoms with E-state index in [1.807, 2.05) is 20.8 Å². The molecule has 0 radical (unpaired) electrons. The van der Waals surface area contributed by atoms with Crippen LogP contribution in [0.2, 0.25) is 0 Å². The molecule has 0 amide bonds. The molecule has 0 spiro atoms. The number of ether oxygens (including phenoxy) is 13. The van der Waals surface area contributed by atoms with E-state index in [9.17, 15) is 62.3 Å². The van der Waals surface area contributed by atoms with Crippen LogP contribution in [0.4, 0.5) is 0 Å². The van der Waals surface area contributed by atoms with E-state index in [1.54, 1.807) is 0 Å². The maximum absolute atomic E-state index is 13.9. The summed E-state index contributed by atoms with van der Waals surface area (Å²) < 4.78 is 71.9. The van der Waals surface area contributed by atoms with Crippen molar-refractivity contribution in [3.8, 4) is 34.5 Å². The standard InChI is InChI=1S/C79H98O26/c1-6-11-40-97-77(90)61-48-59(35-37-64(61)103-74(87)55-24-20-51(21-25-55)70(83)96-46-17-15-44-94-68(81)10-5)101-72(85)53-26-28-54(29-27-53)73(86)102-60-36-39-66(63(49-60)79(92)99-42-13-8-3)105-76(89)57-32-30-56(31-33-57)75(88)104-65-38-34-58(47-62(65)78(91)98-41-12-7-2)100-71(84)52-22-18-50(19-23-52)69(82)95-45-16-14-43-93-67(80)9-4/h9-10,34-39,47-57H,4-8,11-33,40-46H2,1-3H3. The molecule has 4 fully saturated rings. The second-order valence-electron chi connectivity index (χ2n) is 26.7. The van der Waals surface area contributed by atoms with E-state index in [0.29, 0.717) is 103 Å². The van der Waals surface area contributed by atoms with Crippen molar-refractivity contribution < 1.29 is 124 Å². The third kappa shape index (κ3) is 26.4. The van der Waals surface area contributed by atoms with Crippen molar-refractivity contribution in [2.24, 2.45) is 47.3 Å². The molecule has 105 heavy (non-hydrogen) atoms. The van der Waals surface area contributed by atoms with E-state index < -0.39 is 107 Å². The Morgan fingerprint density at radius 3 is 0.724 bits per heavy atom. The number of carbonyl (C=O) groups excluding carboxylic acids is 13. The summed E-state index contributed by atoms with van der Waals surface area (Å²) in [6, 6.07) is 12.0. The molecule has 26 heteroatoms. The fourth-order valence-corrected chi connectivity index (χ4v) is 12.5. The van der Waals surface area contributed by atoms with Gasteiger partial charge in [0.05, 0.1) is 93.6 Å². The summed E-state index contributed by atoms with van der Waals surface area (Å²) in [5, 5.41) is 0. The summed E-state index contributed by atoms with van der Waals surface area (Å²) in [4.78, 5) is 170. The number of benzene rings is 3. The number of hydrogen-bond acceptors (Lipinski definition) is 26. The molecule has 3 aromatic carbocycles. The molecular weight excluding hydrogens is 1360 g/mol. The minimum absolute atomic E-state index is 0.000196. The van der Waals surface area contributed by atoms with Crippen LogP contribution < -0.4 is 28.4 Å². The SMILES string of the molecule is C=CC(=O)OCCCCOC(=O)C1CCC(C(=O)Oc2ccc(OC(=O)C3CCC(C(=O)Oc4ccc(OC(=O)C5CCC(C(=O)Oc6ccc(OC(=O)C7CCC(C(=O)OCCCCOC(=O)C=C)CC7)c(C(=O)OCCCC)c6)CC5)cc4C(=O)OCCCC)CC3)c(C(=O)OCCCC)c2)CC1. The van der Waals surface area contributed by atoms with Crippen LogP contribution >= 0.6 is 0 Å². The summed E-state index contributed by atoms with van der Waals surface area (Å²) >= 11 is 0. The van der Waals surface area contributed by atoms with E-state index in [1.165, 1.54) is 54.6 Å². The van der Waals surface area contributed by atoms with Crippen LogP contribution in [0.5, 0.6) is 34.5 Å². The zero-order valence-corrected chi connectivity index (χ0v) is 60.3. The molecular formula is C79H98O26. The molecule has 0 unspecified atom stereocenters. The monoisotopic (exact) mass is 1460 g/mol. The lowest BCUT2D eigenvalue weighted by molar-refractivity contribution is -0.152. The highest BCUT2D eigenvalue weighted by Gasteiger charge is 2.38. The van der Waals surface area contributed by atoms with Crippen LogP contribution in [-0.4, -0.2) is 124 Å². The smallest absolute Gasteiger partial charge is 0.342 e. The van der Waals surface area contributed by atoms with E-state index in [0.717, 1.165) is 25.0 Å². The first-order chi connectivity index (χ1) is 50.7. The maximum atomic E-state index is 13.9. The molecule has 0 N–H and O–H groups in total. The number of rotatable bonds is 38. The van der Waals surface area contributed by atoms with Crippen molar-refractivity contribution in [2.45, 2.75) is 188 Å². The maximum Gasteiger partial charge on any atom is 0.342 e. The third-order valence-corrected chi connectivity index (χ3v) is 19.0. The van der Waals surface area contributed by atoms with Crippen LogP contribution in [-0.2, 0) is 81.1 Å². The summed E-state index contributed by atoms with van der Waals surface area (Å²) in [6.45, 7) is 13.4. The predicted octanol–water partition coefficient (Wildman–Crippen LogP) is 12.7. The van der Waals surface area contributed by atoms with Crippen molar-refractivity contribution in [2.75, 3.05) is 46.2 Å². The average Bonchev–Trinajstić information content (AvgIpc) is 0.822. The highest BCUT2D eigenvalue weighted by atomic mass is 16.6. The third-order valence-electron chi connectivity index (χ3n) is 19.0. The Morgan fingerprint density at radius 1 is 0.286 bits per heavy atom. The van der Waals surface area contributed by atoms with Crippen LogP contribution in [0.15, 0.2) is 79.9 Å².